The zero-order chi connectivity index (χ0) is 22.6. The van der Waals surface area contributed by atoms with Crippen LogP contribution >= 0.6 is 0 Å². The van der Waals surface area contributed by atoms with Gasteiger partial charge in [0.15, 0.2) is 0 Å². The molecule has 31 heavy (non-hydrogen) atoms. The zero-order valence-electron chi connectivity index (χ0n) is 16.8. The molecule has 2 aromatic carbocycles. The first-order valence-electron chi connectivity index (χ1n) is 9.36. The van der Waals surface area contributed by atoms with E-state index in [4.69, 9.17) is 9.47 Å². The lowest BCUT2D eigenvalue weighted by Crippen LogP contribution is -2.51. The first-order valence-corrected chi connectivity index (χ1v) is 10.9. The Morgan fingerprint density at radius 2 is 1.84 bits per heavy atom. The van der Waals surface area contributed by atoms with Gasteiger partial charge in [-0.05, 0) is 37.3 Å². The predicted octanol–water partition coefficient (Wildman–Crippen LogP) is 2.68. The molecule has 0 unspecified atom stereocenters. The van der Waals surface area contributed by atoms with E-state index in [2.05, 4.69) is 10.6 Å². The number of urea groups is 1. The summed E-state index contributed by atoms with van der Waals surface area (Å²) in [4.78, 5) is 25.0. The fourth-order valence-electron chi connectivity index (χ4n) is 3.29. The number of sulfone groups is 1. The molecule has 1 saturated heterocycles. The molecule has 1 fully saturated rings. The molecule has 0 radical (unpaired) electrons. The minimum atomic E-state index is -4.11. The third kappa shape index (κ3) is 4.85. The van der Waals surface area contributed by atoms with Crippen molar-refractivity contribution >= 4 is 21.8 Å². The van der Waals surface area contributed by atoms with Gasteiger partial charge in [0, 0.05) is 11.3 Å². The van der Waals surface area contributed by atoms with Crippen LogP contribution in [0.4, 0.5) is 9.18 Å². The Labute approximate surface area is 179 Å². The Kier molecular flexibility index (Phi) is 6.59. The summed E-state index contributed by atoms with van der Waals surface area (Å²) in [5.74, 6) is -2.11. The zero-order valence-corrected chi connectivity index (χ0v) is 17.6. The second-order valence-electron chi connectivity index (χ2n) is 6.62. The van der Waals surface area contributed by atoms with E-state index in [-0.39, 0.29) is 17.2 Å². The summed E-state index contributed by atoms with van der Waals surface area (Å²) in [6.45, 7) is 1.67. The van der Waals surface area contributed by atoms with E-state index < -0.39 is 39.6 Å². The molecule has 1 aliphatic rings. The minimum Gasteiger partial charge on any atom is -0.496 e. The molecule has 1 aliphatic heterocycles. The fraction of sp³-hybridized carbons (Fsp3) is 0.238. The molecule has 2 aromatic rings. The molecule has 0 bridgehead atoms. The van der Waals surface area contributed by atoms with Crippen LogP contribution in [0.2, 0.25) is 0 Å². The Morgan fingerprint density at radius 3 is 2.48 bits per heavy atom. The number of carbonyl (C=O) groups is 2. The minimum absolute atomic E-state index is 0.0555. The topological polar surface area (TPSA) is 111 Å². The lowest BCUT2D eigenvalue weighted by Gasteiger charge is -2.34. The molecular weight excluding hydrogens is 427 g/mol. The highest BCUT2D eigenvalue weighted by Gasteiger charge is 2.41. The van der Waals surface area contributed by atoms with E-state index in [9.17, 15) is 22.4 Å². The Balaban J connectivity index is 2.12. The van der Waals surface area contributed by atoms with Crippen LogP contribution in [0, 0.1) is 11.7 Å². The first-order chi connectivity index (χ1) is 14.8. The van der Waals surface area contributed by atoms with Gasteiger partial charge < -0.3 is 20.1 Å². The van der Waals surface area contributed by atoms with Crippen molar-refractivity contribution in [1.29, 1.82) is 0 Å². The van der Waals surface area contributed by atoms with Gasteiger partial charge in [-0.15, -0.1) is 0 Å². The number of hydrogen-bond donors (Lipinski definition) is 2. The van der Waals surface area contributed by atoms with E-state index in [1.807, 2.05) is 0 Å². The van der Waals surface area contributed by atoms with Crippen LogP contribution in [0.25, 0.3) is 0 Å². The van der Waals surface area contributed by atoms with Crippen LogP contribution in [0.3, 0.4) is 0 Å². The van der Waals surface area contributed by atoms with E-state index in [0.29, 0.717) is 11.3 Å². The van der Waals surface area contributed by atoms with Gasteiger partial charge in [-0.1, -0.05) is 18.2 Å². The summed E-state index contributed by atoms with van der Waals surface area (Å²) in [6, 6.07) is 9.31. The number of amides is 2. The van der Waals surface area contributed by atoms with Crippen LogP contribution in [-0.4, -0.2) is 34.1 Å². The van der Waals surface area contributed by atoms with E-state index in [1.165, 1.54) is 7.11 Å². The van der Waals surface area contributed by atoms with Crippen molar-refractivity contribution in [2.75, 3.05) is 13.7 Å². The number of carbonyl (C=O) groups excluding carboxylic acids is 2. The molecule has 0 saturated carbocycles. The van der Waals surface area contributed by atoms with Gasteiger partial charge in [-0.2, -0.15) is 0 Å². The summed E-state index contributed by atoms with van der Waals surface area (Å²) in [5, 5.41) is 5.83. The van der Waals surface area contributed by atoms with Gasteiger partial charge >= 0.3 is 12.0 Å². The third-order valence-electron chi connectivity index (χ3n) is 4.65. The number of methoxy groups -OCH3 is 1. The highest BCUT2D eigenvalue weighted by atomic mass is 32.2. The van der Waals surface area contributed by atoms with Gasteiger partial charge in [-0.25, -0.2) is 17.6 Å². The first kappa shape index (κ1) is 22.3. The Hall–Kier alpha value is -3.40. The quantitative estimate of drug-likeness (QED) is 0.519. The van der Waals surface area contributed by atoms with Crippen molar-refractivity contribution in [2.45, 2.75) is 17.9 Å². The summed E-state index contributed by atoms with van der Waals surface area (Å²) in [5.41, 5.74) is 0.311. The average Bonchev–Trinajstić information content (AvgIpc) is 2.73. The van der Waals surface area contributed by atoms with E-state index in [0.717, 1.165) is 29.7 Å². The molecule has 2 atom stereocenters. The number of nitrogens with one attached hydrogen (secondary N) is 2. The standard InChI is InChI=1S/C21H21FN2O6S/c1-3-30-20(25)18-16(12-31(27,28)14-10-8-13(22)9-11-14)23-21(26)24-19(18)15-6-4-5-7-17(15)29-2/h4-12,18-19H,3H2,1-2H3,(H2,23,24,26)/t18-,19+/m0/s1. The molecule has 3 rings (SSSR count). The number of ether oxygens (including phenoxy) is 2. The van der Waals surface area contributed by atoms with Crippen LogP contribution < -0.4 is 15.4 Å². The highest BCUT2D eigenvalue weighted by molar-refractivity contribution is 7.94. The summed E-state index contributed by atoms with van der Waals surface area (Å²) < 4.78 is 49.4. The fourth-order valence-corrected chi connectivity index (χ4v) is 4.48. The van der Waals surface area contributed by atoms with E-state index >= 15 is 0 Å². The van der Waals surface area contributed by atoms with Gasteiger partial charge in [0.2, 0.25) is 9.84 Å². The summed E-state index contributed by atoms with van der Waals surface area (Å²) in [6.07, 6.45) is 0. The molecule has 8 nitrogen and oxygen atoms in total. The van der Waals surface area contributed by atoms with Crippen LogP contribution in [0.5, 0.6) is 5.75 Å². The van der Waals surface area contributed by atoms with E-state index in [1.54, 1.807) is 31.2 Å². The highest BCUT2D eigenvalue weighted by Crippen LogP contribution is 2.36. The molecule has 2 N–H and O–H groups in total. The molecule has 164 valence electrons. The third-order valence-corrected chi connectivity index (χ3v) is 6.15. The van der Waals surface area contributed by atoms with Crippen molar-refractivity contribution in [3.63, 3.8) is 0 Å². The molecule has 2 amide bonds. The maximum absolute atomic E-state index is 13.2. The van der Waals surface area contributed by atoms with Crippen molar-refractivity contribution in [1.82, 2.24) is 10.6 Å². The lowest BCUT2D eigenvalue weighted by atomic mass is 9.88. The predicted molar refractivity (Wildman–Crippen MR) is 109 cm³/mol. The maximum atomic E-state index is 13.2. The molecule has 0 aromatic heterocycles. The molecule has 0 aliphatic carbocycles. The lowest BCUT2D eigenvalue weighted by molar-refractivity contribution is -0.147. The summed E-state index contributed by atoms with van der Waals surface area (Å²) in [7, 11) is -2.67. The smallest absolute Gasteiger partial charge is 0.319 e. The van der Waals surface area contributed by atoms with Crippen molar-refractivity contribution < 1.29 is 31.9 Å². The molecule has 0 spiro atoms. The van der Waals surface area contributed by atoms with Crippen LogP contribution in [0.1, 0.15) is 18.5 Å². The van der Waals surface area contributed by atoms with Crippen LogP contribution in [0.15, 0.2) is 64.5 Å². The molecule has 10 heteroatoms. The van der Waals surface area contributed by atoms with Gasteiger partial charge in [0.1, 0.15) is 17.5 Å². The number of esters is 1. The molecular formula is C21H21FN2O6S. The number of rotatable bonds is 6. The number of benzene rings is 2. The van der Waals surface area contributed by atoms with Gasteiger partial charge in [0.25, 0.3) is 0 Å². The van der Waals surface area contributed by atoms with Gasteiger partial charge in [0.05, 0.1) is 30.1 Å². The van der Waals surface area contributed by atoms with Crippen molar-refractivity contribution in [3.8, 4) is 5.75 Å². The van der Waals surface area contributed by atoms with Gasteiger partial charge in [-0.3, -0.25) is 4.79 Å². The number of hydrogen-bond acceptors (Lipinski definition) is 6. The Morgan fingerprint density at radius 1 is 1.16 bits per heavy atom. The van der Waals surface area contributed by atoms with Crippen molar-refractivity contribution in [3.05, 3.63) is 71.0 Å². The number of para-hydroxylation sites is 1. The van der Waals surface area contributed by atoms with Crippen molar-refractivity contribution in [2.24, 2.45) is 5.92 Å². The second kappa shape index (κ2) is 9.17. The largest absolute Gasteiger partial charge is 0.496 e. The maximum Gasteiger partial charge on any atom is 0.319 e. The van der Waals surface area contributed by atoms with Crippen LogP contribution in [-0.2, 0) is 19.4 Å². The molecule has 1 heterocycles. The SMILES string of the molecule is CCOC(=O)[C@H]1C(=CS(=O)(=O)c2ccc(F)cc2)NC(=O)N[C@@H]1c1ccccc1OC. The second-order valence-corrected chi connectivity index (χ2v) is 8.42. The Bertz CT molecular complexity index is 1110. The normalized spacial score (nSPS) is 20.0. The monoisotopic (exact) mass is 448 g/mol. The average molecular weight is 448 g/mol. The number of halogens is 1. The summed E-state index contributed by atoms with van der Waals surface area (Å²) >= 11 is 0.